The summed E-state index contributed by atoms with van der Waals surface area (Å²) >= 11 is 0. The molecule has 0 unspecified atom stereocenters. The first-order chi connectivity index (χ1) is 9.94. The van der Waals surface area contributed by atoms with Gasteiger partial charge in [-0.3, -0.25) is 0 Å². The molecule has 0 amide bonds. The van der Waals surface area contributed by atoms with Crippen LogP contribution in [0, 0.1) is 0 Å². The maximum Gasteiger partial charge on any atom is 0.411 e. The SMILES string of the molecule is Nc1nc(CCOCC(F)(F)F)nc(-c2ccccc2)n1. The summed E-state index contributed by atoms with van der Waals surface area (Å²) < 4.78 is 40.4. The third-order valence-electron chi connectivity index (χ3n) is 2.47. The van der Waals surface area contributed by atoms with Gasteiger partial charge < -0.3 is 10.5 Å². The summed E-state index contributed by atoms with van der Waals surface area (Å²) in [6, 6.07) is 9.10. The average Bonchev–Trinajstić information content (AvgIpc) is 2.43. The van der Waals surface area contributed by atoms with Crippen molar-refractivity contribution in [3.8, 4) is 11.4 Å². The highest BCUT2D eigenvalue weighted by molar-refractivity contribution is 5.55. The first-order valence-electron chi connectivity index (χ1n) is 6.14. The van der Waals surface area contributed by atoms with Crippen molar-refractivity contribution in [2.24, 2.45) is 0 Å². The molecule has 5 nitrogen and oxygen atoms in total. The van der Waals surface area contributed by atoms with E-state index >= 15 is 0 Å². The van der Waals surface area contributed by atoms with E-state index in [1.807, 2.05) is 18.2 Å². The van der Waals surface area contributed by atoms with E-state index in [0.29, 0.717) is 11.6 Å². The van der Waals surface area contributed by atoms with Crippen molar-refractivity contribution >= 4 is 5.95 Å². The smallest absolute Gasteiger partial charge is 0.372 e. The molecule has 0 fully saturated rings. The van der Waals surface area contributed by atoms with Crippen LogP contribution < -0.4 is 5.73 Å². The van der Waals surface area contributed by atoms with Crippen molar-refractivity contribution in [3.05, 3.63) is 36.2 Å². The third kappa shape index (κ3) is 4.99. The number of nitrogens with zero attached hydrogens (tertiary/aromatic N) is 3. The second-order valence-electron chi connectivity index (χ2n) is 4.22. The standard InChI is InChI=1S/C13H13F3N4O/c14-13(15,16)8-21-7-6-10-18-11(20-12(17)19-10)9-4-2-1-3-5-9/h1-5H,6-8H2,(H2,17,18,19,20). The summed E-state index contributed by atoms with van der Waals surface area (Å²) in [6.07, 6.45) is -4.21. The fourth-order valence-electron chi connectivity index (χ4n) is 1.62. The molecule has 8 heteroatoms. The van der Waals surface area contributed by atoms with E-state index in [4.69, 9.17) is 5.73 Å². The van der Waals surface area contributed by atoms with Crippen LogP contribution in [0.5, 0.6) is 0 Å². The zero-order chi connectivity index (χ0) is 15.3. The Morgan fingerprint density at radius 2 is 1.76 bits per heavy atom. The molecule has 0 saturated heterocycles. The van der Waals surface area contributed by atoms with Gasteiger partial charge in [-0.05, 0) is 0 Å². The van der Waals surface area contributed by atoms with E-state index in [2.05, 4.69) is 19.7 Å². The minimum atomic E-state index is -4.34. The minimum absolute atomic E-state index is 0.0228. The predicted octanol–water partition coefficient (Wildman–Crippen LogP) is 2.24. The molecule has 1 aromatic carbocycles. The molecule has 0 spiro atoms. The molecule has 0 aliphatic rings. The fraction of sp³-hybridized carbons (Fsp3) is 0.308. The summed E-state index contributed by atoms with van der Waals surface area (Å²) in [5.74, 6) is 0.701. The van der Waals surface area contributed by atoms with Gasteiger partial charge in [0.25, 0.3) is 0 Å². The van der Waals surface area contributed by atoms with E-state index in [1.54, 1.807) is 12.1 Å². The van der Waals surface area contributed by atoms with Gasteiger partial charge >= 0.3 is 6.18 Å². The molecule has 0 radical (unpaired) electrons. The van der Waals surface area contributed by atoms with E-state index in [1.165, 1.54) is 0 Å². The molecule has 21 heavy (non-hydrogen) atoms. The molecule has 0 aliphatic heterocycles. The quantitative estimate of drug-likeness (QED) is 0.857. The largest absolute Gasteiger partial charge is 0.411 e. The van der Waals surface area contributed by atoms with Crippen molar-refractivity contribution in [3.63, 3.8) is 0 Å². The Morgan fingerprint density at radius 3 is 2.43 bits per heavy atom. The van der Waals surface area contributed by atoms with E-state index < -0.39 is 12.8 Å². The van der Waals surface area contributed by atoms with Crippen LogP contribution in [0.25, 0.3) is 11.4 Å². The summed E-state index contributed by atoms with van der Waals surface area (Å²) in [4.78, 5) is 12.1. The van der Waals surface area contributed by atoms with Crippen LogP contribution >= 0.6 is 0 Å². The maximum atomic E-state index is 11.9. The number of rotatable bonds is 5. The Balaban J connectivity index is 2.03. The van der Waals surface area contributed by atoms with E-state index in [-0.39, 0.29) is 19.0 Å². The molecule has 2 aromatic rings. The lowest BCUT2D eigenvalue weighted by molar-refractivity contribution is -0.173. The number of benzene rings is 1. The fourth-order valence-corrected chi connectivity index (χ4v) is 1.62. The highest BCUT2D eigenvalue weighted by Gasteiger charge is 2.27. The Bertz CT molecular complexity index is 590. The number of nitrogens with two attached hydrogens (primary N) is 1. The molecular weight excluding hydrogens is 285 g/mol. The zero-order valence-corrected chi connectivity index (χ0v) is 11.0. The molecule has 1 heterocycles. The Hall–Kier alpha value is -2.22. The van der Waals surface area contributed by atoms with Crippen molar-refractivity contribution in [1.82, 2.24) is 15.0 Å². The lowest BCUT2D eigenvalue weighted by Gasteiger charge is -2.08. The second-order valence-corrected chi connectivity index (χ2v) is 4.22. The summed E-state index contributed by atoms with van der Waals surface area (Å²) in [6.45, 7) is -1.43. The molecule has 0 atom stereocenters. The monoisotopic (exact) mass is 298 g/mol. The van der Waals surface area contributed by atoms with Gasteiger partial charge in [0.2, 0.25) is 5.95 Å². The second kappa shape index (κ2) is 6.49. The van der Waals surface area contributed by atoms with Gasteiger partial charge in [0.15, 0.2) is 5.82 Å². The number of hydrogen-bond acceptors (Lipinski definition) is 5. The first-order valence-corrected chi connectivity index (χ1v) is 6.14. The van der Waals surface area contributed by atoms with Crippen LogP contribution in [0.2, 0.25) is 0 Å². The molecule has 2 rings (SSSR count). The lowest BCUT2D eigenvalue weighted by atomic mass is 10.2. The highest BCUT2D eigenvalue weighted by atomic mass is 19.4. The highest BCUT2D eigenvalue weighted by Crippen LogP contribution is 2.16. The van der Waals surface area contributed by atoms with Crippen LogP contribution in [0.3, 0.4) is 0 Å². The van der Waals surface area contributed by atoms with Crippen molar-refractivity contribution in [2.45, 2.75) is 12.6 Å². The van der Waals surface area contributed by atoms with Crippen molar-refractivity contribution in [1.29, 1.82) is 0 Å². The van der Waals surface area contributed by atoms with E-state index in [0.717, 1.165) is 5.56 Å². The molecule has 0 bridgehead atoms. The maximum absolute atomic E-state index is 11.9. The number of anilines is 1. The first kappa shape index (κ1) is 15.2. The Morgan fingerprint density at radius 1 is 1.05 bits per heavy atom. The van der Waals surface area contributed by atoms with Crippen molar-refractivity contribution in [2.75, 3.05) is 18.9 Å². The van der Waals surface area contributed by atoms with Gasteiger partial charge in [0.05, 0.1) is 6.61 Å². The molecular formula is C13H13F3N4O. The van der Waals surface area contributed by atoms with Gasteiger partial charge in [0, 0.05) is 12.0 Å². The molecule has 112 valence electrons. The molecule has 1 aromatic heterocycles. The third-order valence-corrected chi connectivity index (χ3v) is 2.47. The normalized spacial score (nSPS) is 11.6. The Labute approximate surface area is 119 Å². The number of nitrogen functional groups attached to an aromatic ring is 1. The van der Waals surface area contributed by atoms with Gasteiger partial charge in [0.1, 0.15) is 12.4 Å². The van der Waals surface area contributed by atoms with Crippen LogP contribution in [-0.4, -0.2) is 34.3 Å². The van der Waals surface area contributed by atoms with Crippen LogP contribution in [0.1, 0.15) is 5.82 Å². The van der Waals surface area contributed by atoms with Gasteiger partial charge in [-0.25, -0.2) is 4.98 Å². The van der Waals surface area contributed by atoms with Gasteiger partial charge in [-0.2, -0.15) is 23.1 Å². The average molecular weight is 298 g/mol. The lowest BCUT2D eigenvalue weighted by Crippen LogP contribution is -2.18. The zero-order valence-electron chi connectivity index (χ0n) is 11.0. The van der Waals surface area contributed by atoms with Crippen LogP contribution in [0.4, 0.5) is 19.1 Å². The molecule has 0 aliphatic carbocycles. The number of ether oxygens (including phenoxy) is 1. The van der Waals surface area contributed by atoms with Crippen LogP contribution in [-0.2, 0) is 11.2 Å². The van der Waals surface area contributed by atoms with E-state index in [9.17, 15) is 13.2 Å². The molecule has 0 saturated carbocycles. The van der Waals surface area contributed by atoms with Crippen molar-refractivity contribution < 1.29 is 17.9 Å². The Kier molecular flexibility index (Phi) is 4.69. The molecule has 2 N–H and O–H groups in total. The van der Waals surface area contributed by atoms with Gasteiger partial charge in [-0.15, -0.1) is 0 Å². The minimum Gasteiger partial charge on any atom is -0.372 e. The van der Waals surface area contributed by atoms with Gasteiger partial charge in [-0.1, -0.05) is 30.3 Å². The summed E-state index contributed by atoms with van der Waals surface area (Å²) in [7, 11) is 0. The number of hydrogen-bond donors (Lipinski definition) is 1. The topological polar surface area (TPSA) is 73.9 Å². The number of halogens is 3. The predicted molar refractivity (Wildman–Crippen MR) is 70.3 cm³/mol. The number of aromatic nitrogens is 3. The number of alkyl halides is 3. The summed E-state index contributed by atoms with van der Waals surface area (Å²) in [5, 5.41) is 0. The summed E-state index contributed by atoms with van der Waals surface area (Å²) in [5.41, 5.74) is 6.34. The van der Waals surface area contributed by atoms with Crippen LogP contribution in [0.15, 0.2) is 30.3 Å².